The maximum atomic E-state index is 14.3. The van der Waals surface area contributed by atoms with Gasteiger partial charge in [-0.25, -0.2) is 8.42 Å². The third-order valence-electron chi connectivity index (χ3n) is 11.0. The van der Waals surface area contributed by atoms with Gasteiger partial charge in [0.2, 0.25) is 0 Å². The SMILES string of the molecule is CCC(C)(C)c1cc(C)c(COC(=O)CC(CC(C)C)S(=O)(=O)C(CC(=O)OCc2c(C)cc(C(C)(C)CC)c(O)c2C)CC(C)C)c(C)c1O. The lowest BCUT2D eigenvalue weighted by Gasteiger charge is -2.28. The number of phenolic OH excluding ortho intramolecular Hbond substituents is 2. The second-order valence-corrected chi connectivity index (χ2v) is 19.2. The Labute approximate surface area is 308 Å². The molecule has 0 amide bonds. The molecule has 288 valence electrons. The van der Waals surface area contributed by atoms with Gasteiger partial charge in [0.1, 0.15) is 24.7 Å². The molecule has 51 heavy (non-hydrogen) atoms. The van der Waals surface area contributed by atoms with Crippen molar-refractivity contribution in [2.45, 2.75) is 170 Å². The van der Waals surface area contributed by atoms with Crippen LogP contribution in [0, 0.1) is 39.5 Å². The molecule has 2 N–H and O–H groups in total. The molecule has 2 atom stereocenters. The first-order valence-corrected chi connectivity index (χ1v) is 20.2. The number of esters is 2. The van der Waals surface area contributed by atoms with Crippen LogP contribution in [-0.2, 0) is 52.9 Å². The average molecular weight is 731 g/mol. The first-order valence-electron chi connectivity index (χ1n) is 18.6. The highest BCUT2D eigenvalue weighted by Crippen LogP contribution is 2.40. The van der Waals surface area contributed by atoms with E-state index in [2.05, 4.69) is 41.5 Å². The number of rotatable bonds is 18. The fraction of sp³-hybridized carbons (Fsp3) is 0.667. The summed E-state index contributed by atoms with van der Waals surface area (Å²) in [6.07, 6.45) is 1.47. The Hall–Kier alpha value is -3.07. The summed E-state index contributed by atoms with van der Waals surface area (Å²) in [5.41, 5.74) is 5.66. The van der Waals surface area contributed by atoms with Gasteiger partial charge in [0.15, 0.2) is 9.84 Å². The molecule has 2 rings (SSSR count). The quantitative estimate of drug-likeness (QED) is 0.145. The van der Waals surface area contributed by atoms with E-state index in [1.54, 1.807) is 13.8 Å². The van der Waals surface area contributed by atoms with Crippen molar-refractivity contribution in [2.75, 3.05) is 0 Å². The number of sulfone groups is 1. The van der Waals surface area contributed by atoms with E-state index in [1.165, 1.54) is 0 Å². The Kier molecular flexibility index (Phi) is 15.2. The number of hydrogen-bond acceptors (Lipinski definition) is 8. The molecule has 0 spiro atoms. The van der Waals surface area contributed by atoms with Crippen LogP contribution in [0.15, 0.2) is 12.1 Å². The fourth-order valence-electron chi connectivity index (χ4n) is 6.67. The largest absolute Gasteiger partial charge is 0.507 e. The highest BCUT2D eigenvalue weighted by atomic mass is 32.2. The third kappa shape index (κ3) is 11.0. The minimum absolute atomic E-state index is 0.0283. The van der Waals surface area contributed by atoms with E-state index in [0.717, 1.165) is 35.1 Å². The molecule has 2 aromatic carbocycles. The van der Waals surface area contributed by atoms with Crippen LogP contribution in [0.5, 0.6) is 11.5 Å². The first kappa shape index (κ1) is 44.1. The van der Waals surface area contributed by atoms with Crippen molar-refractivity contribution in [3.63, 3.8) is 0 Å². The normalized spacial score (nSPS) is 13.8. The molecule has 2 aromatic rings. The Bertz CT molecular complexity index is 1530. The van der Waals surface area contributed by atoms with Gasteiger partial charge in [-0.1, -0.05) is 81.4 Å². The number of aromatic hydroxyl groups is 2. The molecular formula is C42H66O8S. The van der Waals surface area contributed by atoms with Gasteiger partial charge in [0, 0.05) is 11.1 Å². The van der Waals surface area contributed by atoms with Crippen LogP contribution in [-0.4, -0.2) is 41.1 Å². The van der Waals surface area contributed by atoms with Gasteiger partial charge in [-0.05, 0) is 109 Å². The zero-order chi connectivity index (χ0) is 39.2. The van der Waals surface area contributed by atoms with Crippen LogP contribution in [0.3, 0.4) is 0 Å². The fourth-order valence-corrected chi connectivity index (χ4v) is 9.26. The topological polar surface area (TPSA) is 127 Å². The van der Waals surface area contributed by atoms with Gasteiger partial charge in [-0.3, -0.25) is 9.59 Å². The van der Waals surface area contributed by atoms with Gasteiger partial charge in [0.25, 0.3) is 0 Å². The van der Waals surface area contributed by atoms with Crippen molar-refractivity contribution in [2.24, 2.45) is 11.8 Å². The minimum atomic E-state index is -3.99. The van der Waals surface area contributed by atoms with Gasteiger partial charge >= 0.3 is 11.9 Å². The van der Waals surface area contributed by atoms with E-state index in [-0.39, 0.29) is 73.1 Å². The molecule has 0 aliphatic carbocycles. The number of carbonyl (C=O) groups is 2. The molecule has 0 radical (unpaired) electrons. The second kappa shape index (κ2) is 17.6. The standard InChI is InChI=1S/C42H66O8S/c1-15-41(11,12)35-19-27(7)33(29(9)39(35)45)23-49-37(43)21-31(17-25(3)4)51(47,48)32(18-26(5)6)22-38(44)50-24-34-28(8)20-36(40(46)30(34)10)42(13,14)16-2/h19-20,25-26,31-32,45-46H,15-18,21-24H2,1-14H3. The zero-order valence-corrected chi connectivity index (χ0v) is 34.7. The number of ether oxygens (including phenoxy) is 2. The van der Waals surface area contributed by atoms with Crippen molar-refractivity contribution in [3.05, 3.63) is 56.6 Å². The van der Waals surface area contributed by atoms with Crippen molar-refractivity contribution in [1.29, 1.82) is 0 Å². The molecule has 8 nitrogen and oxygen atoms in total. The highest BCUT2D eigenvalue weighted by Gasteiger charge is 2.38. The van der Waals surface area contributed by atoms with Crippen LogP contribution in [0.2, 0.25) is 0 Å². The predicted molar refractivity (Wildman–Crippen MR) is 206 cm³/mol. The molecule has 0 heterocycles. The number of hydrogen-bond donors (Lipinski definition) is 2. The molecule has 0 saturated heterocycles. The summed E-state index contributed by atoms with van der Waals surface area (Å²) in [5, 5.41) is 19.9. The Balaban J connectivity index is 2.29. The summed E-state index contributed by atoms with van der Waals surface area (Å²) in [4.78, 5) is 26.6. The molecular weight excluding hydrogens is 665 g/mol. The van der Waals surface area contributed by atoms with E-state index < -0.39 is 32.3 Å². The summed E-state index contributed by atoms with van der Waals surface area (Å²) >= 11 is 0. The maximum absolute atomic E-state index is 14.3. The molecule has 2 unspecified atom stereocenters. The predicted octanol–water partition coefficient (Wildman–Crippen LogP) is 9.52. The van der Waals surface area contributed by atoms with Gasteiger partial charge in [-0.15, -0.1) is 0 Å². The van der Waals surface area contributed by atoms with Crippen LogP contribution in [0.4, 0.5) is 0 Å². The lowest BCUT2D eigenvalue weighted by Crippen LogP contribution is -2.37. The maximum Gasteiger partial charge on any atom is 0.307 e. The van der Waals surface area contributed by atoms with Gasteiger partial charge in [0.05, 0.1) is 23.3 Å². The van der Waals surface area contributed by atoms with Crippen LogP contribution < -0.4 is 0 Å². The minimum Gasteiger partial charge on any atom is -0.507 e. The summed E-state index contributed by atoms with van der Waals surface area (Å²) in [6, 6.07) is 3.87. The average Bonchev–Trinajstić information content (AvgIpc) is 3.03. The molecule has 0 bridgehead atoms. The van der Waals surface area contributed by atoms with E-state index in [0.29, 0.717) is 22.3 Å². The summed E-state index contributed by atoms with van der Waals surface area (Å²) in [5.74, 6) is -0.985. The lowest BCUT2D eigenvalue weighted by atomic mass is 9.79. The second-order valence-electron chi connectivity index (χ2n) is 16.7. The molecule has 0 aliphatic heterocycles. The Morgan fingerprint density at radius 1 is 0.667 bits per heavy atom. The first-order chi connectivity index (χ1) is 23.4. The van der Waals surface area contributed by atoms with E-state index in [1.807, 2.05) is 53.7 Å². The van der Waals surface area contributed by atoms with Gasteiger partial charge < -0.3 is 19.7 Å². The lowest BCUT2D eigenvalue weighted by molar-refractivity contribution is -0.145. The third-order valence-corrected chi connectivity index (χ3v) is 13.5. The number of aryl methyl sites for hydroxylation is 2. The molecule has 0 fully saturated rings. The van der Waals surface area contributed by atoms with Crippen molar-refractivity contribution in [1.82, 2.24) is 0 Å². The van der Waals surface area contributed by atoms with E-state index >= 15 is 0 Å². The summed E-state index contributed by atoms with van der Waals surface area (Å²) in [6.45, 7) is 27.3. The summed E-state index contributed by atoms with van der Waals surface area (Å²) < 4.78 is 39.9. The van der Waals surface area contributed by atoms with Crippen LogP contribution in [0.1, 0.15) is 152 Å². The van der Waals surface area contributed by atoms with Crippen LogP contribution in [0.25, 0.3) is 0 Å². The highest BCUT2D eigenvalue weighted by molar-refractivity contribution is 7.92. The van der Waals surface area contributed by atoms with Crippen LogP contribution >= 0.6 is 0 Å². The zero-order valence-electron chi connectivity index (χ0n) is 33.9. The molecule has 0 aromatic heterocycles. The molecule has 9 heteroatoms. The molecule has 0 saturated carbocycles. The summed E-state index contributed by atoms with van der Waals surface area (Å²) in [7, 11) is -3.99. The smallest absolute Gasteiger partial charge is 0.307 e. The van der Waals surface area contributed by atoms with E-state index in [9.17, 15) is 28.2 Å². The number of benzene rings is 2. The van der Waals surface area contributed by atoms with E-state index in [4.69, 9.17) is 9.47 Å². The number of phenols is 2. The Morgan fingerprint density at radius 2 is 0.980 bits per heavy atom. The molecule has 0 aliphatic rings. The van der Waals surface area contributed by atoms with Crippen molar-refractivity contribution in [3.8, 4) is 11.5 Å². The Morgan fingerprint density at radius 3 is 1.25 bits per heavy atom. The van der Waals surface area contributed by atoms with Crippen molar-refractivity contribution < 1.29 is 37.7 Å². The van der Waals surface area contributed by atoms with Crippen molar-refractivity contribution >= 4 is 21.8 Å². The van der Waals surface area contributed by atoms with Gasteiger partial charge in [-0.2, -0.15) is 0 Å². The number of carbonyl (C=O) groups excluding carboxylic acids is 2. The monoisotopic (exact) mass is 730 g/mol.